The lowest BCUT2D eigenvalue weighted by Crippen LogP contribution is -2.39. The van der Waals surface area contributed by atoms with Crippen molar-refractivity contribution in [2.45, 2.75) is 12.0 Å². The number of aromatic nitrogens is 1. The lowest BCUT2D eigenvalue weighted by Gasteiger charge is -2.21. The standard InChI is InChI=1S/C15H16ClN3O4.ClH/c16-10-3-1-9(2-4-10)12-11(14(20)21)13(19-23-12)18-8-15(22)5-6-17-7-15;/h1-4,17,22H,5-8H2,(H,18,19)(H,20,21);1H. The topological polar surface area (TPSA) is 108 Å². The minimum Gasteiger partial charge on any atom is -0.477 e. The predicted molar refractivity (Wildman–Crippen MR) is 92.1 cm³/mol. The molecule has 24 heavy (non-hydrogen) atoms. The van der Waals surface area contributed by atoms with E-state index in [9.17, 15) is 15.0 Å². The van der Waals surface area contributed by atoms with Crippen LogP contribution in [-0.2, 0) is 0 Å². The lowest BCUT2D eigenvalue weighted by atomic mass is 10.0. The van der Waals surface area contributed by atoms with E-state index in [0.29, 0.717) is 23.6 Å². The van der Waals surface area contributed by atoms with Gasteiger partial charge in [0, 0.05) is 23.7 Å². The molecule has 7 nitrogen and oxygen atoms in total. The van der Waals surface area contributed by atoms with Gasteiger partial charge in [0.25, 0.3) is 0 Å². The van der Waals surface area contributed by atoms with Crippen LogP contribution in [0.4, 0.5) is 5.82 Å². The molecule has 0 radical (unpaired) electrons. The van der Waals surface area contributed by atoms with E-state index in [1.165, 1.54) is 0 Å². The van der Waals surface area contributed by atoms with Gasteiger partial charge < -0.3 is 25.4 Å². The monoisotopic (exact) mass is 373 g/mol. The van der Waals surface area contributed by atoms with Gasteiger partial charge >= 0.3 is 5.97 Å². The van der Waals surface area contributed by atoms with E-state index in [4.69, 9.17) is 16.1 Å². The number of carboxylic acids is 1. The van der Waals surface area contributed by atoms with Crippen molar-refractivity contribution >= 4 is 35.8 Å². The zero-order valence-electron chi connectivity index (χ0n) is 12.6. The summed E-state index contributed by atoms with van der Waals surface area (Å²) in [5, 5.41) is 30.0. The highest BCUT2D eigenvalue weighted by atomic mass is 35.5. The molecule has 2 heterocycles. The fraction of sp³-hybridized carbons (Fsp3) is 0.333. The Bertz CT molecular complexity index is 712. The van der Waals surface area contributed by atoms with Crippen LogP contribution in [0.3, 0.4) is 0 Å². The Labute approximate surface area is 149 Å². The summed E-state index contributed by atoms with van der Waals surface area (Å²) in [7, 11) is 0. The van der Waals surface area contributed by atoms with E-state index in [1.54, 1.807) is 24.3 Å². The maximum Gasteiger partial charge on any atom is 0.343 e. The van der Waals surface area contributed by atoms with Gasteiger partial charge in [0.15, 0.2) is 17.1 Å². The van der Waals surface area contributed by atoms with Crippen molar-refractivity contribution in [3.05, 3.63) is 34.9 Å². The van der Waals surface area contributed by atoms with Gasteiger partial charge in [0.05, 0.1) is 5.60 Å². The Kier molecular flexibility index (Phi) is 5.71. The molecule has 2 aromatic rings. The second-order valence-electron chi connectivity index (χ2n) is 5.55. The smallest absolute Gasteiger partial charge is 0.343 e. The number of carboxylic acid groups (broad SMARTS) is 1. The van der Waals surface area contributed by atoms with Crippen LogP contribution in [0.1, 0.15) is 16.8 Å². The number of anilines is 1. The number of benzene rings is 1. The molecule has 0 amide bonds. The quantitative estimate of drug-likeness (QED) is 0.636. The van der Waals surface area contributed by atoms with Gasteiger partial charge in [0.2, 0.25) is 0 Å². The fourth-order valence-corrected chi connectivity index (χ4v) is 2.66. The molecule has 3 rings (SSSR count). The molecule has 1 aromatic heterocycles. The summed E-state index contributed by atoms with van der Waals surface area (Å²) in [5.74, 6) is -0.911. The molecule has 0 saturated carbocycles. The first kappa shape index (κ1) is 18.5. The van der Waals surface area contributed by atoms with Gasteiger partial charge in [-0.05, 0) is 37.2 Å². The number of carbonyl (C=O) groups is 1. The second kappa shape index (κ2) is 7.40. The van der Waals surface area contributed by atoms with Crippen molar-refractivity contribution in [2.75, 3.05) is 25.0 Å². The molecule has 9 heteroatoms. The first-order valence-corrected chi connectivity index (χ1v) is 7.52. The zero-order valence-corrected chi connectivity index (χ0v) is 14.2. The zero-order chi connectivity index (χ0) is 16.4. The van der Waals surface area contributed by atoms with E-state index in [0.717, 1.165) is 6.54 Å². The van der Waals surface area contributed by atoms with Gasteiger partial charge in [-0.3, -0.25) is 0 Å². The molecule has 1 aliphatic rings. The van der Waals surface area contributed by atoms with Crippen molar-refractivity contribution < 1.29 is 19.5 Å². The number of hydrogen-bond donors (Lipinski definition) is 4. The summed E-state index contributed by atoms with van der Waals surface area (Å²) in [6, 6.07) is 6.61. The molecule has 0 spiro atoms. The molecule has 0 aliphatic carbocycles. The Balaban J connectivity index is 0.00000208. The lowest BCUT2D eigenvalue weighted by molar-refractivity contribution is 0.0692. The maximum absolute atomic E-state index is 11.6. The van der Waals surface area contributed by atoms with E-state index >= 15 is 0 Å². The maximum atomic E-state index is 11.6. The van der Waals surface area contributed by atoms with Crippen molar-refractivity contribution in [1.29, 1.82) is 0 Å². The number of aliphatic hydroxyl groups is 1. The molecule has 130 valence electrons. The van der Waals surface area contributed by atoms with Crippen LogP contribution >= 0.6 is 24.0 Å². The Hall–Kier alpha value is -1.80. The van der Waals surface area contributed by atoms with Crippen LogP contribution < -0.4 is 10.6 Å². The molecule has 1 saturated heterocycles. The fourth-order valence-electron chi connectivity index (χ4n) is 2.54. The van der Waals surface area contributed by atoms with Crippen LogP contribution in [0.15, 0.2) is 28.8 Å². The van der Waals surface area contributed by atoms with Gasteiger partial charge in [-0.1, -0.05) is 16.8 Å². The molecule has 1 atom stereocenters. The third-order valence-electron chi connectivity index (χ3n) is 3.82. The minimum atomic E-state index is -1.16. The van der Waals surface area contributed by atoms with Crippen LogP contribution in [0, 0.1) is 0 Å². The summed E-state index contributed by atoms with van der Waals surface area (Å²) in [6.45, 7) is 1.36. The Morgan fingerprint density at radius 1 is 1.42 bits per heavy atom. The van der Waals surface area contributed by atoms with Crippen molar-refractivity contribution in [3.63, 3.8) is 0 Å². The van der Waals surface area contributed by atoms with Crippen LogP contribution in [0.2, 0.25) is 5.02 Å². The van der Waals surface area contributed by atoms with Crippen molar-refractivity contribution in [1.82, 2.24) is 10.5 Å². The van der Waals surface area contributed by atoms with Crippen molar-refractivity contribution in [2.24, 2.45) is 0 Å². The van der Waals surface area contributed by atoms with E-state index in [2.05, 4.69) is 15.8 Å². The number of nitrogens with one attached hydrogen (secondary N) is 2. The largest absolute Gasteiger partial charge is 0.477 e. The third kappa shape index (κ3) is 3.81. The highest BCUT2D eigenvalue weighted by molar-refractivity contribution is 6.30. The number of aromatic carboxylic acids is 1. The Morgan fingerprint density at radius 2 is 2.12 bits per heavy atom. The summed E-state index contributed by atoms with van der Waals surface area (Å²) in [6.07, 6.45) is 0.588. The third-order valence-corrected chi connectivity index (χ3v) is 4.07. The first-order chi connectivity index (χ1) is 11.0. The summed E-state index contributed by atoms with van der Waals surface area (Å²) in [4.78, 5) is 11.6. The molecule has 1 unspecified atom stereocenters. The van der Waals surface area contributed by atoms with E-state index < -0.39 is 11.6 Å². The molecule has 1 aliphatic heterocycles. The van der Waals surface area contributed by atoms with Gasteiger partial charge in [-0.2, -0.15) is 0 Å². The molecule has 1 fully saturated rings. The number of hydrogen-bond acceptors (Lipinski definition) is 6. The average Bonchev–Trinajstić information content (AvgIpc) is 3.13. The van der Waals surface area contributed by atoms with Crippen molar-refractivity contribution in [3.8, 4) is 11.3 Å². The predicted octanol–water partition coefficient (Wildman–Crippen LogP) is 2.25. The van der Waals surface area contributed by atoms with Gasteiger partial charge in [0.1, 0.15) is 0 Å². The molecule has 1 aromatic carbocycles. The number of halogens is 2. The summed E-state index contributed by atoms with van der Waals surface area (Å²) in [5.41, 5.74) is -0.426. The SMILES string of the molecule is Cl.O=C(O)c1c(NCC2(O)CCNC2)noc1-c1ccc(Cl)cc1. The Morgan fingerprint density at radius 3 is 2.71 bits per heavy atom. The summed E-state index contributed by atoms with van der Waals surface area (Å²) < 4.78 is 5.20. The highest BCUT2D eigenvalue weighted by Crippen LogP contribution is 2.30. The number of nitrogens with zero attached hydrogens (tertiary/aromatic N) is 1. The van der Waals surface area contributed by atoms with Gasteiger partial charge in [-0.15, -0.1) is 12.4 Å². The molecular formula is C15H17Cl2N3O4. The van der Waals surface area contributed by atoms with E-state index in [-0.39, 0.29) is 36.1 Å². The molecular weight excluding hydrogens is 357 g/mol. The van der Waals surface area contributed by atoms with Gasteiger partial charge in [-0.25, -0.2) is 4.79 Å². The second-order valence-corrected chi connectivity index (χ2v) is 5.99. The van der Waals surface area contributed by atoms with E-state index in [1.807, 2.05) is 0 Å². The normalized spacial score (nSPS) is 19.8. The summed E-state index contributed by atoms with van der Waals surface area (Å²) >= 11 is 5.84. The van der Waals surface area contributed by atoms with Crippen LogP contribution in [0.25, 0.3) is 11.3 Å². The first-order valence-electron chi connectivity index (χ1n) is 7.14. The average molecular weight is 374 g/mol. The number of rotatable bonds is 5. The number of β-amino-alcohol motifs (C(OH)–C–C–N with tert-alkyl or cyclic N) is 1. The highest BCUT2D eigenvalue weighted by Gasteiger charge is 2.32. The minimum absolute atomic E-state index is 0. The van der Waals surface area contributed by atoms with Crippen LogP contribution in [0.5, 0.6) is 0 Å². The molecule has 0 bridgehead atoms. The molecule has 4 N–H and O–H groups in total. The van der Waals surface area contributed by atoms with Crippen LogP contribution in [-0.4, -0.2) is 46.6 Å².